The molecule has 0 bridgehead atoms. The van der Waals surface area contributed by atoms with Gasteiger partial charge in [-0.3, -0.25) is 9.78 Å². The van der Waals surface area contributed by atoms with Crippen molar-refractivity contribution in [2.24, 2.45) is 0 Å². The normalized spacial score (nSPS) is 16.8. The van der Waals surface area contributed by atoms with Crippen molar-refractivity contribution in [1.29, 1.82) is 0 Å². The number of pyridine rings is 1. The summed E-state index contributed by atoms with van der Waals surface area (Å²) < 4.78 is 71.4. The number of fused-ring (bicyclic) bond motifs is 1. The largest absolute Gasteiger partial charge is 0.443 e. The van der Waals surface area contributed by atoms with E-state index in [1.807, 2.05) is 0 Å². The number of nitrogens with one attached hydrogen (secondary N) is 1. The first kappa shape index (κ1) is 24.8. The van der Waals surface area contributed by atoms with E-state index in [2.05, 4.69) is 20.5 Å². The first-order valence-corrected chi connectivity index (χ1v) is 12.7. The van der Waals surface area contributed by atoms with Crippen molar-refractivity contribution in [3.05, 3.63) is 72.2 Å². The van der Waals surface area contributed by atoms with Gasteiger partial charge in [-0.2, -0.15) is 27.7 Å². The molecule has 0 aliphatic carbocycles. The number of para-hydroxylation sites is 1. The van der Waals surface area contributed by atoms with Gasteiger partial charge >= 0.3 is 6.18 Å². The van der Waals surface area contributed by atoms with Crippen molar-refractivity contribution >= 4 is 26.9 Å². The highest BCUT2D eigenvalue weighted by atomic mass is 32.2. The van der Waals surface area contributed by atoms with E-state index in [0.717, 1.165) is 16.6 Å². The standard InChI is InChI=1S/C24H20F3N5O4S/c25-24(26,27)21-8-7-17(14-28-21)18-10-15(13-30-31-18)12-29-23(33)19-5-3-9-32(19)37(34,35)22-11-16-4-1-2-6-20(16)36-22/h1-2,4,6-8,10-11,13-14,19H,3,5,9,12H2,(H,29,33)/t19-/m0/s1. The van der Waals surface area contributed by atoms with E-state index >= 15 is 0 Å². The highest BCUT2D eigenvalue weighted by Gasteiger charge is 2.41. The van der Waals surface area contributed by atoms with Crippen molar-refractivity contribution in [2.75, 3.05) is 6.54 Å². The Morgan fingerprint density at radius 2 is 1.95 bits per heavy atom. The number of hydrogen-bond acceptors (Lipinski definition) is 7. The Labute approximate surface area is 209 Å². The first-order chi connectivity index (χ1) is 17.6. The van der Waals surface area contributed by atoms with Gasteiger partial charge in [0.05, 0.1) is 11.9 Å². The van der Waals surface area contributed by atoms with E-state index in [1.165, 1.54) is 18.3 Å². The Morgan fingerprint density at radius 3 is 2.68 bits per heavy atom. The van der Waals surface area contributed by atoms with Crippen LogP contribution in [0.3, 0.4) is 0 Å². The number of aromatic nitrogens is 3. The number of carbonyl (C=O) groups excluding carboxylic acids is 1. The maximum Gasteiger partial charge on any atom is 0.433 e. The van der Waals surface area contributed by atoms with Crippen molar-refractivity contribution < 1.29 is 30.8 Å². The number of hydrogen-bond donors (Lipinski definition) is 1. The molecule has 5 rings (SSSR count). The van der Waals surface area contributed by atoms with Crippen LogP contribution in [0.25, 0.3) is 22.2 Å². The molecule has 0 saturated carbocycles. The van der Waals surface area contributed by atoms with E-state index in [1.54, 1.807) is 30.3 Å². The summed E-state index contributed by atoms with van der Waals surface area (Å²) in [5.41, 5.74) is 0.551. The van der Waals surface area contributed by atoms with Crippen LogP contribution in [-0.4, -0.2) is 46.4 Å². The van der Waals surface area contributed by atoms with Crippen molar-refractivity contribution in [2.45, 2.75) is 36.7 Å². The molecule has 1 aliphatic heterocycles. The Kier molecular flexibility index (Phi) is 6.42. The number of rotatable bonds is 6. The highest BCUT2D eigenvalue weighted by Crippen LogP contribution is 2.31. The molecule has 37 heavy (non-hydrogen) atoms. The van der Waals surface area contributed by atoms with E-state index in [0.29, 0.717) is 34.9 Å². The molecule has 1 atom stereocenters. The molecule has 192 valence electrons. The molecule has 3 aromatic heterocycles. The molecule has 13 heteroatoms. The van der Waals surface area contributed by atoms with Gasteiger partial charge in [-0.1, -0.05) is 18.2 Å². The van der Waals surface area contributed by atoms with Crippen LogP contribution in [0, 0.1) is 0 Å². The Hall–Kier alpha value is -3.84. The summed E-state index contributed by atoms with van der Waals surface area (Å²) in [5, 5.41) is 10.9. The zero-order chi connectivity index (χ0) is 26.2. The number of carbonyl (C=O) groups is 1. The second-order valence-corrected chi connectivity index (χ2v) is 10.3. The number of amides is 1. The first-order valence-electron chi connectivity index (χ1n) is 11.3. The van der Waals surface area contributed by atoms with Crippen LogP contribution in [-0.2, 0) is 27.5 Å². The third-order valence-corrected chi connectivity index (χ3v) is 7.76. The zero-order valence-electron chi connectivity index (χ0n) is 19.1. The van der Waals surface area contributed by atoms with Gasteiger partial charge in [-0.05, 0) is 42.7 Å². The van der Waals surface area contributed by atoms with E-state index in [4.69, 9.17) is 4.42 Å². The average Bonchev–Trinajstić information content (AvgIpc) is 3.55. The zero-order valence-corrected chi connectivity index (χ0v) is 20.0. The average molecular weight is 532 g/mol. The minimum absolute atomic E-state index is 0.0183. The maximum atomic E-state index is 13.2. The van der Waals surface area contributed by atoms with Crippen molar-refractivity contribution in [1.82, 2.24) is 24.8 Å². The van der Waals surface area contributed by atoms with Gasteiger partial charge in [0.15, 0.2) is 0 Å². The molecule has 4 heterocycles. The lowest BCUT2D eigenvalue weighted by molar-refractivity contribution is -0.141. The van der Waals surface area contributed by atoms with Crippen LogP contribution in [0.1, 0.15) is 24.1 Å². The second-order valence-electron chi connectivity index (χ2n) is 8.47. The summed E-state index contributed by atoms with van der Waals surface area (Å²) in [6.07, 6.45) is -1.24. The maximum absolute atomic E-state index is 13.2. The summed E-state index contributed by atoms with van der Waals surface area (Å²) in [4.78, 5) is 16.4. The van der Waals surface area contributed by atoms with Crippen LogP contribution in [0.5, 0.6) is 0 Å². The third kappa shape index (κ3) is 5.04. The van der Waals surface area contributed by atoms with Gasteiger partial charge in [0.2, 0.25) is 11.0 Å². The molecule has 0 unspecified atom stereocenters. The molecule has 1 amide bonds. The summed E-state index contributed by atoms with van der Waals surface area (Å²) in [6, 6.07) is 11.1. The fourth-order valence-corrected chi connectivity index (χ4v) is 5.76. The second kappa shape index (κ2) is 9.56. The molecule has 1 saturated heterocycles. The molecule has 1 aromatic carbocycles. The molecule has 0 spiro atoms. The number of sulfonamides is 1. The van der Waals surface area contributed by atoms with E-state index in [9.17, 15) is 26.4 Å². The number of furan rings is 1. The van der Waals surface area contributed by atoms with Gasteiger partial charge in [-0.15, -0.1) is 0 Å². The minimum Gasteiger partial charge on any atom is -0.443 e. The fourth-order valence-electron chi connectivity index (χ4n) is 4.15. The van der Waals surface area contributed by atoms with E-state index < -0.39 is 33.8 Å². The summed E-state index contributed by atoms with van der Waals surface area (Å²) in [6.45, 7) is 0.198. The molecular formula is C24H20F3N5O4S. The highest BCUT2D eigenvalue weighted by molar-refractivity contribution is 7.89. The Bertz CT molecular complexity index is 1520. The molecule has 1 fully saturated rings. The smallest absolute Gasteiger partial charge is 0.433 e. The number of nitrogens with zero attached hydrogens (tertiary/aromatic N) is 4. The van der Waals surface area contributed by atoms with Crippen LogP contribution in [0.4, 0.5) is 13.2 Å². The predicted molar refractivity (Wildman–Crippen MR) is 125 cm³/mol. The monoisotopic (exact) mass is 531 g/mol. The molecule has 1 aliphatic rings. The Morgan fingerprint density at radius 1 is 1.14 bits per heavy atom. The SMILES string of the molecule is O=C(NCc1cnnc(-c2ccc(C(F)(F)F)nc2)c1)[C@@H]1CCCN1S(=O)(=O)c1cc2ccccc2o1. The van der Waals surface area contributed by atoms with Gasteiger partial charge in [-0.25, -0.2) is 8.42 Å². The lowest BCUT2D eigenvalue weighted by Crippen LogP contribution is -2.45. The number of alkyl halides is 3. The molecule has 9 nitrogen and oxygen atoms in total. The Balaban J connectivity index is 1.28. The summed E-state index contributed by atoms with van der Waals surface area (Å²) >= 11 is 0. The lowest BCUT2D eigenvalue weighted by atomic mass is 10.1. The van der Waals surface area contributed by atoms with Crippen LogP contribution < -0.4 is 5.32 Å². The molecular weight excluding hydrogens is 511 g/mol. The van der Waals surface area contributed by atoms with Crippen LogP contribution >= 0.6 is 0 Å². The van der Waals surface area contributed by atoms with Crippen molar-refractivity contribution in [3.63, 3.8) is 0 Å². The van der Waals surface area contributed by atoms with Gasteiger partial charge in [0.1, 0.15) is 17.3 Å². The van der Waals surface area contributed by atoms with Crippen LogP contribution in [0.15, 0.2) is 70.4 Å². The van der Waals surface area contributed by atoms with E-state index in [-0.39, 0.29) is 23.9 Å². The van der Waals surface area contributed by atoms with Gasteiger partial charge in [0.25, 0.3) is 10.0 Å². The van der Waals surface area contributed by atoms with Crippen molar-refractivity contribution in [3.8, 4) is 11.3 Å². The molecule has 4 aromatic rings. The minimum atomic E-state index is -4.55. The summed E-state index contributed by atoms with van der Waals surface area (Å²) in [7, 11) is -4.04. The quantitative estimate of drug-likeness (QED) is 0.402. The molecule has 1 N–H and O–H groups in total. The number of halogens is 3. The third-order valence-electron chi connectivity index (χ3n) is 6.00. The lowest BCUT2D eigenvalue weighted by Gasteiger charge is -2.22. The molecule has 0 radical (unpaired) electrons. The topological polar surface area (TPSA) is 118 Å². The number of benzene rings is 1. The van der Waals surface area contributed by atoms with Gasteiger partial charge in [0, 0.05) is 36.3 Å². The summed E-state index contributed by atoms with van der Waals surface area (Å²) in [5.74, 6) is -0.480. The predicted octanol–water partition coefficient (Wildman–Crippen LogP) is 3.77. The van der Waals surface area contributed by atoms with Gasteiger partial charge < -0.3 is 9.73 Å². The van der Waals surface area contributed by atoms with Crippen LogP contribution in [0.2, 0.25) is 0 Å². The fraction of sp³-hybridized carbons (Fsp3) is 0.250.